The second kappa shape index (κ2) is 5.62. The van der Waals surface area contributed by atoms with E-state index in [1.807, 2.05) is 12.3 Å². The lowest BCUT2D eigenvalue weighted by Crippen LogP contribution is -2.06. The quantitative estimate of drug-likeness (QED) is 0.879. The van der Waals surface area contributed by atoms with Crippen molar-refractivity contribution in [3.05, 3.63) is 30.4 Å². The van der Waals surface area contributed by atoms with Crippen LogP contribution in [0.15, 0.2) is 24.7 Å². The van der Waals surface area contributed by atoms with E-state index in [1.54, 1.807) is 17.1 Å². The molecule has 2 aromatic heterocycles. The summed E-state index contributed by atoms with van der Waals surface area (Å²) < 4.78 is 1.76. The Morgan fingerprint density at radius 1 is 1.33 bits per heavy atom. The van der Waals surface area contributed by atoms with Gasteiger partial charge in [0.15, 0.2) is 5.82 Å². The summed E-state index contributed by atoms with van der Waals surface area (Å²) in [4.78, 5) is 8.66. The van der Waals surface area contributed by atoms with E-state index < -0.39 is 0 Å². The third-order valence-electron chi connectivity index (χ3n) is 2.61. The van der Waals surface area contributed by atoms with Crippen molar-refractivity contribution in [1.82, 2.24) is 19.7 Å². The minimum Gasteiger partial charge on any atom is -0.369 e. The van der Waals surface area contributed by atoms with Crippen molar-refractivity contribution >= 4 is 5.82 Å². The molecule has 0 spiro atoms. The van der Waals surface area contributed by atoms with E-state index in [2.05, 4.69) is 41.2 Å². The van der Waals surface area contributed by atoms with Gasteiger partial charge in [0.2, 0.25) is 0 Å². The zero-order valence-electron chi connectivity index (χ0n) is 11.1. The molecule has 96 valence electrons. The molecule has 2 rings (SSSR count). The minimum absolute atomic E-state index is 0.417. The predicted octanol–water partition coefficient (Wildman–Crippen LogP) is 2.61. The maximum Gasteiger partial charge on any atom is 0.173 e. The van der Waals surface area contributed by atoms with E-state index >= 15 is 0 Å². The molecule has 2 heterocycles. The summed E-state index contributed by atoms with van der Waals surface area (Å²) >= 11 is 0. The van der Waals surface area contributed by atoms with Crippen LogP contribution >= 0.6 is 0 Å². The van der Waals surface area contributed by atoms with E-state index in [-0.39, 0.29) is 0 Å². The summed E-state index contributed by atoms with van der Waals surface area (Å²) in [5.41, 5.74) is 1.06. The first-order chi connectivity index (χ1) is 8.70. The molecule has 0 aliphatic carbocycles. The number of nitrogens with one attached hydrogen (secondary N) is 1. The maximum atomic E-state index is 4.49. The van der Waals surface area contributed by atoms with Gasteiger partial charge >= 0.3 is 0 Å². The van der Waals surface area contributed by atoms with E-state index in [1.165, 1.54) is 0 Å². The molecule has 0 atom stereocenters. The summed E-state index contributed by atoms with van der Waals surface area (Å²) in [5, 5.41) is 7.71. The van der Waals surface area contributed by atoms with Gasteiger partial charge in [-0.25, -0.2) is 9.67 Å². The molecule has 1 N–H and O–H groups in total. The second-order valence-electron chi connectivity index (χ2n) is 4.53. The Labute approximate surface area is 107 Å². The molecule has 0 saturated carbocycles. The largest absolute Gasteiger partial charge is 0.369 e. The van der Waals surface area contributed by atoms with Gasteiger partial charge in [-0.05, 0) is 18.4 Å². The maximum absolute atomic E-state index is 4.49. The van der Waals surface area contributed by atoms with Crippen LogP contribution in [-0.4, -0.2) is 26.3 Å². The standard InChI is InChI=1S/C13H19N5/c1-4-6-15-12-8-14-9-13(16-12)18-7-5-11(17-18)10(2)3/h5,7-10H,4,6H2,1-3H3,(H,15,16). The molecule has 5 heteroatoms. The minimum atomic E-state index is 0.417. The van der Waals surface area contributed by atoms with Gasteiger partial charge in [0, 0.05) is 12.7 Å². The van der Waals surface area contributed by atoms with Crippen LogP contribution in [0.25, 0.3) is 5.82 Å². The highest BCUT2D eigenvalue weighted by Gasteiger charge is 2.06. The highest BCUT2D eigenvalue weighted by atomic mass is 15.3. The Morgan fingerprint density at radius 3 is 2.83 bits per heavy atom. The topological polar surface area (TPSA) is 55.6 Å². The number of hydrogen-bond acceptors (Lipinski definition) is 4. The van der Waals surface area contributed by atoms with Crippen LogP contribution in [-0.2, 0) is 0 Å². The van der Waals surface area contributed by atoms with Gasteiger partial charge in [0.25, 0.3) is 0 Å². The lowest BCUT2D eigenvalue weighted by Gasteiger charge is -2.05. The van der Waals surface area contributed by atoms with Crippen LogP contribution in [0.1, 0.15) is 38.8 Å². The van der Waals surface area contributed by atoms with Gasteiger partial charge in [0.1, 0.15) is 5.82 Å². The first kappa shape index (κ1) is 12.5. The third kappa shape index (κ3) is 2.85. The van der Waals surface area contributed by atoms with Crippen molar-refractivity contribution in [2.45, 2.75) is 33.1 Å². The molecule has 5 nitrogen and oxygen atoms in total. The predicted molar refractivity (Wildman–Crippen MR) is 72.0 cm³/mol. The molecule has 2 aromatic rings. The number of rotatable bonds is 5. The first-order valence-corrected chi connectivity index (χ1v) is 6.32. The molecule has 0 aliphatic rings. The fourth-order valence-electron chi connectivity index (χ4n) is 1.58. The van der Waals surface area contributed by atoms with Crippen LogP contribution < -0.4 is 5.32 Å². The fraction of sp³-hybridized carbons (Fsp3) is 0.462. The molecule has 0 bridgehead atoms. The van der Waals surface area contributed by atoms with E-state index in [9.17, 15) is 0 Å². The number of hydrogen-bond donors (Lipinski definition) is 1. The summed E-state index contributed by atoms with van der Waals surface area (Å²) in [6.45, 7) is 7.26. The van der Waals surface area contributed by atoms with Crippen molar-refractivity contribution in [2.75, 3.05) is 11.9 Å². The van der Waals surface area contributed by atoms with Crippen LogP contribution in [0, 0.1) is 0 Å². The zero-order chi connectivity index (χ0) is 13.0. The first-order valence-electron chi connectivity index (χ1n) is 6.32. The van der Waals surface area contributed by atoms with Crippen molar-refractivity contribution in [3.8, 4) is 5.82 Å². The summed E-state index contributed by atoms with van der Waals surface area (Å²) in [6, 6.07) is 2.01. The van der Waals surface area contributed by atoms with Gasteiger partial charge in [-0.15, -0.1) is 0 Å². The van der Waals surface area contributed by atoms with E-state index in [0.717, 1.165) is 30.3 Å². The van der Waals surface area contributed by atoms with Crippen LogP contribution in [0.4, 0.5) is 5.82 Å². The van der Waals surface area contributed by atoms with E-state index in [0.29, 0.717) is 5.92 Å². The second-order valence-corrected chi connectivity index (χ2v) is 4.53. The normalized spacial score (nSPS) is 10.9. The van der Waals surface area contributed by atoms with Crippen LogP contribution in [0.5, 0.6) is 0 Å². The smallest absolute Gasteiger partial charge is 0.173 e. The summed E-state index contributed by atoms with van der Waals surface area (Å²) in [7, 11) is 0. The number of anilines is 1. The average molecular weight is 245 g/mol. The monoisotopic (exact) mass is 245 g/mol. The molecule has 0 radical (unpaired) electrons. The lowest BCUT2D eigenvalue weighted by molar-refractivity contribution is 0.755. The molecular weight excluding hydrogens is 226 g/mol. The molecule has 18 heavy (non-hydrogen) atoms. The lowest BCUT2D eigenvalue weighted by atomic mass is 10.1. The Morgan fingerprint density at radius 2 is 2.17 bits per heavy atom. The SMILES string of the molecule is CCCNc1cncc(-n2ccc(C(C)C)n2)n1. The molecule has 0 amide bonds. The molecule has 0 unspecified atom stereocenters. The molecule has 0 saturated heterocycles. The molecule has 0 fully saturated rings. The Hall–Kier alpha value is -1.91. The molecule has 0 aliphatic heterocycles. The Balaban J connectivity index is 2.21. The van der Waals surface area contributed by atoms with Gasteiger partial charge in [-0.1, -0.05) is 20.8 Å². The third-order valence-corrected chi connectivity index (χ3v) is 2.61. The van der Waals surface area contributed by atoms with Gasteiger partial charge in [-0.2, -0.15) is 5.10 Å². The van der Waals surface area contributed by atoms with Crippen molar-refractivity contribution in [1.29, 1.82) is 0 Å². The Bertz CT molecular complexity index is 504. The highest BCUT2D eigenvalue weighted by Crippen LogP contribution is 2.13. The van der Waals surface area contributed by atoms with Gasteiger partial charge < -0.3 is 5.32 Å². The van der Waals surface area contributed by atoms with E-state index in [4.69, 9.17) is 0 Å². The fourth-order valence-corrected chi connectivity index (χ4v) is 1.58. The molecular formula is C13H19N5. The molecule has 0 aromatic carbocycles. The Kier molecular flexibility index (Phi) is 3.92. The number of aromatic nitrogens is 4. The zero-order valence-corrected chi connectivity index (χ0v) is 11.1. The summed E-state index contributed by atoms with van der Waals surface area (Å²) in [5.74, 6) is 1.94. The average Bonchev–Trinajstić information content (AvgIpc) is 2.86. The van der Waals surface area contributed by atoms with Crippen molar-refractivity contribution < 1.29 is 0 Å². The highest BCUT2D eigenvalue weighted by molar-refractivity contribution is 5.35. The number of nitrogens with zero attached hydrogens (tertiary/aromatic N) is 4. The van der Waals surface area contributed by atoms with Crippen LogP contribution in [0.3, 0.4) is 0 Å². The van der Waals surface area contributed by atoms with Crippen molar-refractivity contribution in [3.63, 3.8) is 0 Å². The van der Waals surface area contributed by atoms with Gasteiger partial charge in [-0.3, -0.25) is 4.98 Å². The summed E-state index contributed by atoms with van der Waals surface area (Å²) in [6.07, 6.45) is 6.42. The van der Waals surface area contributed by atoms with Crippen LogP contribution in [0.2, 0.25) is 0 Å². The van der Waals surface area contributed by atoms with Crippen molar-refractivity contribution in [2.24, 2.45) is 0 Å². The van der Waals surface area contributed by atoms with Gasteiger partial charge in [0.05, 0.1) is 18.1 Å².